The molecule has 0 amide bonds. The molecule has 0 spiro atoms. The molecule has 0 unspecified atom stereocenters. The highest BCUT2D eigenvalue weighted by molar-refractivity contribution is 5.86. The number of morpholine rings is 1. The number of hydrogen-bond donors (Lipinski definition) is 0. The van der Waals surface area contributed by atoms with E-state index in [9.17, 15) is 9.59 Å². The topological polar surface area (TPSA) is 69.4 Å². The first-order valence-corrected chi connectivity index (χ1v) is 6.56. The lowest BCUT2D eigenvalue weighted by molar-refractivity contribution is 0.0234. The van der Waals surface area contributed by atoms with Crippen molar-refractivity contribution in [3.63, 3.8) is 0 Å². The monoisotopic (exact) mass is 276 g/mol. The Morgan fingerprint density at radius 1 is 1.40 bits per heavy atom. The first-order chi connectivity index (χ1) is 9.68. The third kappa shape index (κ3) is 2.14. The highest BCUT2D eigenvalue weighted by Gasteiger charge is 2.19. The van der Waals surface area contributed by atoms with Crippen LogP contribution in [-0.4, -0.2) is 51.2 Å². The lowest BCUT2D eigenvalue weighted by Crippen LogP contribution is -2.40. The van der Waals surface area contributed by atoms with Gasteiger partial charge in [0.05, 0.1) is 25.4 Å². The third-order valence-corrected chi connectivity index (χ3v) is 3.45. The number of rotatable bonds is 2. The van der Waals surface area contributed by atoms with Crippen molar-refractivity contribution in [2.75, 3.05) is 26.3 Å². The summed E-state index contributed by atoms with van der Waals surface area (Å²) in [5.41, 5.74) is 0.759. The van der Waals surface area contributed by atoms with E-state index >= 15 is 0 Å². The van der Waals surface area contributed by atoms with Crippen LogP contribution in [0.15, 0.2) is 23.1 Å². The van der Waals surface area contributed by atoms with Crippen LogP contribution < -0.4 is 5.69 Å². The van der Waals surface area contributed by atoms with Gasteiger partial charge in [0.15, 0.2) is 5.65 Å². The fourth-order valence-corrected chi connectivity index (χ4v) is 2.45. The Hall–Kier alpha value is -1.99. The number of ether oxygens (including phenoxy) is 1. The van der Waals surface area contributed by atoms with E-state index in [0.717, 1.165) is 17.7 Å². The van der Waals surface area contributed by atoms with Crippen LogP contribution in [0.3, 0.4) is 0 Å². The number of carbonyl (C=O) groups is 1. The number of pyridine rings is 1. The predicted octanol–water partition coefficient (Wildman–Crippen LogP) is 0.148. The van der Waals surface area contributed by atoms with Crippen LogP contribution in [0.2, 0.25) is 0 Å². The molecule has 1 aliphatic rings. The van der Waals surface area contributed by atoms with Gasteiger partial charge in [0.25, 0.3) is 0 Å². The standard InChI is InChI=1S/C13H16N4O3/c1-10(18)17-12-11(3-2-4-14-12)16(13(17)19)9-15-5-7-20-8-6-15/h2-4H,5-9H2,1H3. The summed E-state index contributed by atoms with van der Waals surface area (Å²) in [5.74, 6) is -0.320. The second-order valence-corrected chi connectivity index (χ2v) is 4.78. The molecule has 106 valence electrons. The Balaban J connectivity index is 2.08. The van der Waals surface area contributed by atoms with E-state index in [2.05, 4.69) is 9.88 Å². The summed E-state index contributed by atoms with van der Waals surface area (Å²) >= 11 is 0. The Morgan fingerprint density at radius 2 is 2.15 bits per heavy atom. The molecule has 2 aromatic heterocycles. The summed E-state index contributed by atoms with van der Waals surface area (Å²) in [6, 6.07) is 3.58. The van der Waals surface area contributed by atoms with Gasteiger partial charge in [0.2, 0.25) is 5.91 Å². The molecular weight excluding hydrogens is 260 g/mol. The lowest BCUT2D eigenvalue weighted by atomic mass is 10.4. The minimum absolute atomic E-state index is 0.320. The average molecular weight is 276 g/mol. The molecule has 0 aromatic carbocycles. The van der Waals surface area contributed by atoms with E-state index in [1.54, 1.807) is 16.8 Å². The van der Waals surface area contributed by atoms with E-state index in [-0.39, 0.29) is 11.6 Å². The van der Waals surface area contributed by atoms with Crippen molar-refractivity contribution >= 4 is 17.1 Å². The van der Waals surface area contributed by atoms with Gasteiger partial charge in [-0.2, -0.15) is 0 Å². The molecule has 1 fully saturated rings. The van der Waals surface area contributed by atoms with Gasteiger partial charge in [-0.15, -0.1) is 0 Å². The average Bonchev–Trinajstić information content (AvgIpc) is 2.73. The number of nitrogens with zero attached hydrogens (tertiary/aromatic N) is 4. The van der Waals surface area contributed by atoms with Crippen molar-refractivity contribution in [3.05, 3.63) is 28.8 Å². The molecule has 0 aliphatic carbocycles. The van der Waals surface area contributed by atoms with Gasteiger partial charge in [-0.25, -0.2) is 14.3 Å². The molecule has 0 bridgehead atoms. The van der Waals surface area contributed by atoms with Crippen LogP contribution in [-0.2, 0) is 11.4 Å². The third-order valence-electron chi connectivity index (χ3n) is 3.45. The highest BCUT2D eigenvalue weighted by atomic mass is 16.5. The Labute approximate surface area is 115 Å². The molecule has 0 atom stereocenters. The van der Waals surface area contributed by atoms with Crippen LogP contribution in [0, 0.1) is 0 Å². The fourth-order valence-electron chi connectivity index (χ4n) is 2.45. The number of imidazole rings is 1. The van der Waals surface area contributed by atoms with Gasteiger partial charge >= 0.3 is 5.69 Å². The summed E-state index contributed by atoms with van der Waals surface area (Å²) in [7, 11) is 0. The van der Waals surface area contributed by atoms with Crippen LogP contribution in [0.1, 0.15) is 11.7 Å². The van der Waals surface area contributed by atoms with Crippen LogP contribution in [0.5, 0.6) is 0 Å². The molecule has 0 N–H and O–H groups in total. The molecule has 20 heavy (non-hydrogen) atoms. The molecule has 7 nitrogen and oxygen atoms in total. The number of fused-ring (bicyclic) bond motifs is 1. The maximum absolute atomic E-state index is 12.4. The van der Waals surface area contributed by atoms with Crippen molar-refractivity contribution in [2.24, 2.45) is 0 Å². The Morgan fingerprint density at radius 3 is 2.85 bits per heavy atom. The van der Waals surface area contributed by atoms with Crippen LogP contribution in [0.4, 0.5) is 0 Å². The van der Waals surface area contributed by atoms with Crippen molar-refractivity contribution in [1.82, 2.24) is 19.0 Å². The van der Waals surface area contributed by atoms with E-state index in [4.69, 9.17) is 4.74 Å². The zero-order valence-corrected chi connectivity index (χ0v) is 11.3. The summed E-state index contributed by atoms with van der Waals surface area (Å²) in [4.78, 5) is 30.4. The van der Waals surface area contributed by atoms with Gasteiger partial charge in [-0.05, 0) is 12.1 Å². The minimum atomic E-state index is -0.335. The second kappa shape index (κ2) is 5.18. The molecule has 1 aliphatic heterocycles. The van der Waals surface area contributed by atoms with Gasteiger partial charge in [0.1, 0.15) is 0 Å². The van der Waals surface area contributed by atoms with E-state index in [0.29, 0.717) is 31.0 Å². The molecule has 0 radical (unpaired) electrons. The van der Waals surface area contributed by atoms with Crippen molar-refractivity contribution in [3.8, 4) is 0 Å². The summed E-state index contributed by atoms with van der Waals surface area (Å²) in [6.07, 6.45) is 1.58. The fraction of sp³-hybridized carbons (Fsp3) is 0.462. The summed E-state index contributed by atoms with van der Waals surface area (Å²) in [6.45, 7) is 4.70. The van der Waals surface area contributed by atoms with Gasteiger partial charge in [-0.1, -0.05) is 0 Å². The summed E-state index contributed by atoms with van der Waals surface area (Å²) in [5, 5.41) is 0. The number of carbonyl (C=O) groups excluding carboxylic acids is 1. The van der Waals surface area contributed by atoms with Gasteiger partial charge < -0.3 is 4.74 Å². The second-order valence-electron chi connectivity index (χ2n) is 4.78. The van der Waals surface area contributed by atoms with Gasteiger partial charge in [0, 0.05) is 26.2 Å². The quantitative estimate of drug-likeness (QED) is 0.781. The highest BCUT2D eigenvalue weighted by Crippen LogP contribution is 2.11. The predicted molar refractivity (Wildman–Crippen MR) is 72.7 cm³/mol. The largest absolute Gasteiger partial charge is 0.379 e. The van der Waals surface area contributed by atoms with Gasteiger partial charge in [-0.3, -0.25) is 14.3 Å². The maximum atomic E-state index is 12.4. The van der Waals surface area contributed by atoms with Crippen LogP contribution >= 0.6 is 0 Å². The maximum Gasteiger partial charge on any atom is 0.338 e. The first kappa shape index (κ1) is 13.0. The molecule has 0 saturated carbocycles. The zero-order valence-electron chi connectivity index (χ0n) is 11.3. The molecule has 3 heterocycles. The molecule has 1 saturated heterocycles. The van der Waals surface area contributed by atoms with Crippen molar-refractivity contribution < 1.29 is 9.53 Å². The molecule has 7 heteroatoms. The minimum Gasteiger partial charge on any atom is -0.379 e. The zero-order chi connectivity index (χ0) is 14.1. The van der Waals surface area contributed by atoms with Crippen molar-refractivity contribution in [2.45, 2.75) is 13.6 Å². The number of hydrogen-bond acceptors (Lipinski definition) is 5. The number of aromatic nitrogens is 3. The van der Waals surface area contributed by atoms with E-state index in [1.807, 2.05) is 6.07 Å². The van der Waals surface area contributed by atoms with Crippen molar-refractivity contribution in [1.29, 1.82) is 0 Å². The normalized spacial score (nSPS) is 16.6. The SMILES string of the molecule is CC(=O)n1c(=O)n(CN2CCOCC2)c2cccnc21. The lowest BCUT2D eigenvalue weighted by Gasteiger charge is -2.26. The van der Waals surface area contributed by atoms with E-state index < -0.39 is 0 Å². The summed E-state index contributed by atoms with van der Waals surface area (Å²) < 4.78 is 8.01. The molecule has 2 aromatic rings. The van der Waals surface area contributed by atoms with Crippen LogP contribution in [0.25, 0.3) is 11.2 Å². The Bertz CT molecular complexity index is 697. The van der Waals surface area contributed by atoms with E-state index in [1.165, 1.54) is 6.92 Å². The molecular formula is C13H16N4O3. The Kier molecular flexibility index (Phi) is 3.37. The smallest absolute Gasteiger partial charge is 0.338 e. The first-order valence-electron chi connectivity index (χ1n) is 6.56. The molecule has 3 rings (SSSR count).